The molecule has 1 aromatic rings. The molecule has 0 spiro atoms. The number of rotatable bonds is 5. The van der Waals surface area contributed by atoms with Crippen molar-refractivity contribution in [3.8, 4) is 5.75 Å². The van der Waals surface area contributed by atoms with E-state index in [4.69, 9.17) is 9.47 Å². The fourth-order valence-corrected chi connectivity index (χ4v) is 2.39. The number of hydrogen-bond donors (Lipinski definition) is 2. The van der Waals surface area contributed by atoms with E-state index in [1.807, 2.05) is 19.1 Å². The molecule has 6 heteroatoms. The van der Waals surface area contributed by atoms with E-state index in [1.165, 1.54) is 5.56 Å². The van der Waals surface area contributed by atoms with Gasteiger partial charge < -0.3 is 20.1 Å². The van der Waals surface area contributed by atoms with Gasteiger partial charge in [-0.3, -0.25) is 4.79 Å². The Hall–Kier alpha value is -1.30. The molecule has 1 heterocycles. The van der Waals surface area contributed by atoms with E-state index in [-0.39, 0.29) is 35.8 Å². The van der Waals surface area contributed by atoms with E-state index in [1.54, 1.807) is 0 Å². The third-order valence-corrected chi connectivity index (χ3v) is 3.85. The maximum absolute atomic E-state index is 12.1. The standard InChI is InChI=1S/C18H28N2O3.ClH/c1-13(20-17(21)16-12-22-10-9-19-16)11-23-15-7-5-14(6-8-15)18(2,3)4;/h5-8,13,16,19H,9-12H2,1-4H3,(H,20,21);1H. The van der Waals surface area contributed by atoms with Crippen LogP contribution in [-0.4, -0.2) is 44.4 Å². The maximum Gasteiger partial charge on any atom is 0.239 e. The van der Waals surface area contributed by atoms with Gasteiger partial charge in [-0.1, -0.05) is 32.9 Å². The van der Waals surface area contributed by atoms with Crippen LogP contribution in [0.2, 0.25) is 0 Å². The van der Waals surface area contributed by atoms with Crippen molar-refractivity contribution in [2.24, 2.45) is 0 Å². The van der Waals surface area contributed by atoms with Crippen LogP contribution in [0.1, 0.15) is 33.3 Å². The van der Waals surface area contributed by atoms with Gasteiger partial charge in [-0.15, -0.1) is 12.4 Å². The lowest BCUT2D eigenvalue weighted by Crippen LogP contribution is -2.53. The molecule has 1 amide bonds. The molecule has 0 aliphatic carbocycles. The minimum atomic E-state index is -0.266. The Bertz CT molecular complexity index is 508. The van der Waals surface area contributed by atoms with Crippen LogP contribution < -0.4 is 15.4 Å². The Labute approximate surface area is 150 Å². The molecule has 5 nitrogen and oxygen atoms in total. The highest BCUT2D eigenvalue weighted by atomic mass is 35.5. The summed E-state index contributed by atoms with van der Waals surface area (Å²) in [5.74, 6) is 0.780. The van der Waals surface area contributed by atoms with Gasteiger partial charge in [0.1, 0.15) is 18.4 Å². The predicted molar refractivity (Wildman–Crippen MR) is 98.1 cm³/mol. The van der Waals surface area contributed by atoms with Gasteiger partial charge in [-0.05, 0) is 30.0 Å². The number of ether oxygens (including phenoxy) is 2. The highest BCUT2D eigenvalue weighted by Crippen LogP contribution is 2.24. The first-order valence-electron chi connectivity index (χ1n) is 8.21. The van der Waals surface area contributed by atoms with Gasteiger partial charge in [-0.2, -0.15) is 0 Å². The summed E-state index contributed by atoms with van der Waals surface area (Å²) in [4.78, 5) is 12.1. The van der Waals surface area contributed by atoms with Crippen molar-refractivity contribution in [2.75, 3.05) is 26.4 Å². The SMILES string of the molecule is CC(COc1ccc(C(C)(C)C)cc1)NC(=O)C1COCCN1.Cl. The van der Waals surface area contributed by atoms with Gasteiger partial charge in [0.2, 0.25) is 5.91 Å². The summed E-state index contributed by atoms with van der Waals surface area (Å²) in [6.07, 6.45) is 0. The van der Waals surface area contributed by atoms with Crippen LogP contribution >= 0.6 is 12.4 Å². The number of hydrogen-bond acceptors (Lipinski definition) is 4. The topological polar surface area (TPSA) is 59.6 Å². The zero-order valence-electron chi connectivity index (χ0n) is 14.9. The summed E-state index contributed by atoms with van der Waals surface area (Å²) in [5, 5.41) is 6.09. The van der Waals surface area contributed by atoms with Crippen molar-refractivity contribution in [1.29, 1.82) is 0 Å². The van der Waals surface area contributed by atoms with Crippen molar-refractivity contribution < 1.29 is 14.3 Å². The first-order chi connectivity index (χ1) is 10.9. The molecule has 0 aromatic heterocycles. The minimum Gasteiger partial charge on any atom is -0.491 e. The van der Waals surface area contributed by atoms with Crippen molar-refractivity contribution >= 4 is 18.3 Å². The molecule has 0 bridgehead atoms. The van der Waals surface area contributed by atoms with E-state index < -0.39 is 0 Å². The molecule has 2 atom stereocenters. The summed E-state index contributed by atoms with van der Waals surface area (Å²) >= 11 is 0. The van der Waals surface area contributed by atoms with Crippen LogP contribution in [0.3, 0.4) is 0 Å². The van der Waals surface area contributed by atoms with Gasteiger partial charge in [0.15, 0.2) is 0 Å². The van der Waals surface area contributed by atoms with E-state index in [0.29, 0.717) is 26.4 Å². The van der Waals surface area contributed by atoms with Crippen LogP contribution in [-0.2, 0) is 14.9 Å². The van der Waals surface area contributed by atoms with Gasteiger partial charge in [0.25, 0.3) is 0 Å². The van der Waals surface area contributed by atoms with Crippen LogP contribution in [0.15, 0.2) is 24.3 Å². The van der Waals surface area contributed by atoms with Gasteiger partial charge in [0.05, 0.1) is 19.3 Å². The number of nitrogens with one attached hydrogen (secondary N) is 2. The van der Waals surface area contributed by atoms with E-state index in [9.17, 15) is 4.79 Å². The number of morpholine rings is 1. The average molecular weight is 357 g/mol. The molecule has 1 aliphatic rings. The van der Waals surface area contributed by atoms with Crippen LogP contribution in [0.5, 0.6) is 5.75 Å². The highest BCUT2D eigenvalue weighted by Gasteiger charge is 2.22. The number of carbonyl (C=O) groups excluding carboxylic acids is 1. The number of carbonyl (C=O) groups is 1. The second-order valence-electron chi connectivity index (χ2n) is 7.08. The summed E-state index contributed by atoms with van der Waals surface area (Å²) < 4.78 is 11.1. The highest BCUT2D eigenvalue weighted by molar-refractivity contribution is 5.85. The molecule has 24 heavy (non-hydrogen) atoms. The molecule has 1 fully saturated rings. The van der Waals surface area contributed by atoms with Crippen molar-refractivity contribution in [3.05, 3.63) is 29.8 Å². The number of benzene rings is 1. The van der Waals surface area contributed by atoms with Crippen molar-refractivity contribution in [3.63, 3.8) is 0 Å². The van der Waals surface area contributed by atoms with E-state index >= 15 is 0 Å². The largest absolute Gasteiger partial charge is 0.491 e. The second-order valence-corrected chi connectivity index (χ2v) is 7.08. The van der Waals surface area contributed by atoms with Gasteiger partial charge in [0, 0.05) is 6.54 Å². The quantitative estimate of drug-likeness (QED) is 0.849. The molecule has 0 radical (unpaired) electrons. The third kappa shape index (κ3) is 6.30. The minimum absolute atomic E-state index is 0. The Kier molecular flexibility index (Phi) is 8.00. The zero-order chi connectivity index (χ0) is 16.9. The van der Waals surface area contributed by atoms with Crippen LogP contribution in [0, 0.1) is 0 Å². The molecule has 136 valence electrons. The molecule has 1 saturated heterocycles. The normalized spacial score (nSPS) is 19.1. The summed E-state index contributed by atoms with van der Waals surface area (Å²) in [7, 11) is 0. The fraction of sp³-hybridized carbons (Fsp3) is 0.611. The summed E-state index contributed by atoms with van der Waals surface area (Å²) in [6, 6.07) is 7.80. The number of amides is 1. The summed E-state index contributed by atoms with van der Waals surface area (Å²) in [5.41, 5.74) is 1.41. The Morgan fingerprint density at radius 1 is 1.38 bits per heavy atom. The smallest absolute Gasteiger partial charge is 0.239 e. The van der Waals surface area contributed by atoms with Crippen molar-refractivity contribution in [2.45, 2.75) is 45.2 Å². The second kappa shape index (κ2) is 9.25. The van der Waals surface area contributed by atoms with E-state index in [0.717, 1.165) is 5.75 Å². The molecule has 2 rings (SSSR count). The average Bonchev–Trinajstić information content (AvgIpc) is 2.53. The first-order valence-corrected chi connectivity index (χ1v) is 8.21. The Morgan fingerprint density at radius 2 is 2.04 bits per heavy atom. The summed E-state index contributed by atoms with van der Waals surface area (Å²) in [6.45, 7) is 10.7. The molecule has 2 N–H and O–H groups in total. The lowest BCUT2D eigenvalue weighted by molar-refractivity contribution is -0.126. The fourth-order valence-electron chi connectivity index (χ4n) is 2.39. The molecule has 1 aliphatic heterocycles. The number of halogens is 1. The Morgan fingerprint density at radius 3 is 2.58 bits per heavy atom. The maximum atomic E-state index is 12.1. The van der Waals surface area contributed by atoms with Gasteiger partial charge in [-0.25, -0.2) is 0 Å². The lowest BCUT2D eigenvalue weighted by Gasteiger charge is -2.25. The molecular weight excluding hydrogens is 328 g/mol. The zero-order valence-corrected chi connectivity index (χ0v) is 15.7. The molecule has 2 unspecified atom stereocenters. The van der Waals surface area contributed by atoms with Gasteiger partial charge >= 0.3 is 0 Å². The van der Waals surface area contributed by atoms with Crippen molar-refractivity contribution in [1.82, 2.24) is 10.6 Å². The molecule has 0 saturated carbocycles. The predicted octanol–water partition coefficient (Wildman–Crippen LogP) is 2.28. The van der Waals surface area contributed by atoms with Crippen LogP contribution in [0.4, 0.5) is 0 Å². The Balaban J connectivity index is 0.00000288. The monoisotopic (exact) mass is 356 g/mol. The van der Waals surface area contributed by atoms with Crippen LogP contribution in [0.25, 0.3) is 0 Å². The molecular formula is C18H29ClN2O3. The van der Waals surface area contributed by atoms with E-state index in [2.05, 4.69) is 43.5 Å². The molecule has 1 aromatic carbocycles. The lowest BCUT2D eigenvalue weighted by atomic mass is 9.87. The first kappa shape index (κ1) is 20.7. The third-order valence-electron chi connectivity index (χ3n) is 3.85.